The van der Waals surface area contributed by atoms with Crippen molar-refractivity contribution in [2.45, 2.75) is 31.2 Å². The van der Waals surface area contributed by atoms with Crippen molar-refractivity contribution in [1.82, 2.24) is 14.6 Å². The number of aromatic amines is 1. The van der Waals surface area contributed by atoms with Crippen LogP contribution < -0.4 is 9.46 Å². The van der Waals surface area contributed by atoms with Crippen molar-refractivity contribution in [2.24, 2.45) is 5.92 Å². The molecule has 0 bridgehead atoms. The fraction of sp³-hybridized carbons (Fsp3) is 0.391. The number of hydrogen-bond acceptors (Lipinski definition) is 4. The largest absolute Gasteiger partial charge is 0.497 e. The van der Waals surface area contributed by atoms with Crippen LogP contribution in [-0.2, 0) is 16.6 Å². The first-order valence-corrected chi connectivity index (χ1v) is 11.9. The molecule has 0 amide bonds. The van der Waals surface area contributed by atoms with Crippen LogP contribution in [-0.4, -0.2) is 45.0 Å². The van der Waals surface area contributed by atoms with Crippen LogP contribution in [0.2, 0.25) is 0 Å². The molecule has 1 saturated heterocycles. The molecule has 7 heteroatoms. The number of ether oxygens (including phenoxy) is 1. The number of methoxy groups -OCH3 is 1. The standard InChI is InChI=1S/C23H29N3O3S/c1-17-21-7-3-4-8-22(21)25-23(17)16-26-13-5-6-18(15-26)14-24-30(27,28)20-11-9-19(29-2)10-12-20/h3-4,7-12,18,24-25H,5-6,13-16H2,1-2H3. The molecule has 2 aromatic carbocycles. The maximum atomic E-state index is 12.6. The summed E-state index contributed by atoms with van der Waals surface area (Å²) < 4.78 is 33.1. The lowest BCUT2D eigenvalue weighted by Gasteiger charge is -2.32. The number of aryl methyl sites for hydroxylation is 1. The average Bonchev–Trinajstić information content (AvgIpc) is 3.08. The van der Waals surface area contributed by atoms with Gasteiger partial charge < -0.3 is 9.72 Å². The van der Waals surface area contributed by atoms with E-state index in [1.807, 2.05) is 6.07 Å². The highest BCUT2D eigenvalue weighted by molar-refractivity contribution is 7.89. The van der Waals surface area contributed by atoms with E-state index in [1.165, 1.54) is 22.2 Å². The van der Waals surface area contributed by atoms with Crippen LogP contribution >= 0.6 is 0 Å². The summed E-state index contributed by atoms with van der Waals surface area (Å²) in [6.45, 7) is 5.41. The predicted octanol–water partition coefficient (Wildman–Crippen LogP) is 3.68. The molecule has 2 N–H and O–H groups in total. The number of benzene rings is 2. The Bertz CT molecular complexity index is 1110. The molecule has 1 unspecified atom stereocenters. The summed E-state index contributed by atoms with van der Waals surface area (Å²) in [5.74, 6) is 0.945. The lowest BCUT2D eigenvalue weighted by molar-refractivity contribution is 0.167. The number of hydrogen-bond donors (Lipinski definition) is 2. The zero-order valence-corrected chi connectivity index (χ0v) is 18.3. The summed E-state index contributed by atoms with van der Waals surface area (Å²) in [5, 5.41) is 1.27. The Labute approximate surface area is 178 Å². The predicted molar refractivity (Wildman–Crippen MR) is 119 cm³/mol. The highest BCUT2D eigenvalue weighted by Gasteiger charge is 2.23. The number of fused-ring (bicyclic) bond motifs is 1. The molecule has 1 aromatic heterocycles. The average molecular weight is 428 g/mol. The Hall–Kier alpha value is -2.35. The molecule has 1 aliphatic rings. The third-order valence-corrected chi connectivity index (χ3v) is 7.43. The summed E-state index contributed by atoms with van der Waals surface area (Å²) in [6.07, 6.45) is 2.11. The van der Waals surface area contributed by atoms with Gasteiger partial charge in [-0.1, -0.05) is 18.2 Å². The summed E-state index contributed by atoms with van der Waals surface area (Å²) >= 11 is 0. The van der Waals surface area contributed by atoms with Gasteiger partial charge in [0, 0.05) is 36.2 Å². The molecule has 0 radical (unpaired) electrons. The van der Waals surface area contributed by atoms with E-state index in [0.29, 0.717) is 18.2 Å². The summed E-state index contributed by atoms with van der Waals surface area (Å²) in [4.78, 5) is 6.24. The van der Waals surface area contributed by atoms with E-state index >= 15 is 0 Å². The maximum Gasteiger partial charge on any atom is 0.240 e. The monoisotopic (exact) mass is 427 g/mol. The van der Waals surface area contributed by atoms with E-state index in [4.69, 9.17) is 4.74 Å². The highest BCUT2D eigenvalue weighted by atomic mass is 32.2. The molecule has 1 aliphatic heterocycles. The van der Waals surface area contributed by atoms with Gasteiger partial charge in [-0.15, -0.1) is 0 Å². The zero-order valence-electron chi connectivity index (χ0n) is 17.5. The summed E-state index contributed by atoms with van der Waals surface area (Å²) in [7, 11) is -1.95. The number of nitrogens with zero attached hydrogens (tertiary/aromatic N) is 1. The Morgan fingerprint density at radius 3 is 2.67 bits per heavy atom. The van der Waals surface area contributed by atoms with Crippen LogP contribution in [0.1, 0.15) is 24.1 Å². The summed E-state index contributed by atoms with van der Waals surface area (Å²) in [6, 6.07) is 14.9. The first-order valence-electron chi connectivity index (χ1n) is 10.4. The first-order chi connectivity index (χ1) is 14.5. The first kappa shape index (κ1) is 20.9. The molecule has 6 nitrogen and oxygen atoms in total. The molecule has 0 saturated carbocycles. The van der Waals surface area contributed by atoms with Crippen LogP contribution in [0, 0.1) is 12.8 Å². The fourth-order valence-corrected chi connectivity index (χ4v) is 5.36. The Kier molecular flexibility index (Phi) is 6.13. The molecule has 3 aromatic rings. The maximum absolute atomic E-state index is 12.6. The molecule has 4 rings (SSSR count). The van der Waals surface area contributed by atoms with Crippen LogP contribution in [0.3, 0.4) is 0 Å². The lowest BCUT2D eigenvalue weighted by atomic mass is 9.98. The number of aromatic nitrogens is 1. The quantitative estimate of drug-likeness (QED) is 0.603. The van der Waals surface area contributed by atoms with Gasteiger partial charge in [0.2, 0.25) is 10.0 Å². The minimum Gasteiger partial charge on any atom is -0.497 e. The van der Waals surface area contributed by atoms with Crippen molar-refractivity contribution >= 4 is 20.9 Å². The van der Waals surface area contributed by atoms with E-state index < -0.39 is 10.0 Å². The number of nitrogens with one attached hydrogen (secondary N) is 2. The second-order valence-corrected chi connectivity index (χ2v) is 9.81. The van der Waals surface area contributed by atoms with Crippen molar-refractivity contribution in [3.63, 3.8) is 0 Å². The molecular weight excluding hydrogens is 398 g/mol. The van der Waals surface area contributed by atoms with Crippen molar-refractivity contribution < 1.29 is 13.2 Å². The second-order valence-electron chi connectivity index (χ2n) is 8.04. The van der Waals surface area contributed by atoms with Crippen LogP contribution in [0.25, 0.3) is 10.9 Å². The topological polar surface area (TPSA) is 74.4 Å². The van der Waals surface area contributed by atoms with E-state index in [2.05, 4.69) is 39.7 Å². The van der Waals surface area contributed by atoms with Gasteiger partial charge in [-0.05, 0) is 68.1 Å². The van der Waals surface area contributed by atoms with Gasteiger partial charge in [0.05, 0.1) is 12.0 Å². The van der Waals surface area contributed by atoms with Crippen LogP contribution in [0.4, 0.5) is 0 Å². The van der Waals surface area contributed by atoms with Gasteiger partial charge in [0.15, 0.2) is 0 Å². The third kappa shape index (κ3) is 4.53. The van der Waals surface area contributed by atoms with Crippen LogP contribution in [0.5, 0.6) is 5.75 Å². The Balaban J connectivity index is 1.37. The van der Waals surface area contributed by atoms with Gasteiger partial charge in [-0.3, -0.25) is 4.90 Å². The van der Waals surface area contributed by atoms with Crippen LogP contribution in [0.15, 0.2) is 53.4 Å². The van der Waals surface area contributed by atoms with Gasteiger partial charge in [-0.2, -0.15) is 0 Å². The Morgan fingerprint density at radius 2 is 1.93 bits per heavy atom. The smallest absolute Gasteiger partial charge is 0.240 e. The zero-order chi connectivity index (χ0) is 21.1. The number of para-hydroxylation sites is 1. The van der Waals surface area contributed by atoms with E-state index in [-0.39, 0.29) is 4.90 Å². The highest BCUT2D eigenvalue weighted by Crippen LogP contribution is 2.25. The number of piperidine rings is 1. The normalized spacial score (nSPS) is 18.0. The Morgan fingerprint density at radius 1 is 1.17 bits per heavy atom. The third-order valence-electron chi connectivity index (χ3n) is 5.99. The van der Waals surface area contributed by atoms with Gasteiger partial charge >= 0.3 is 0 Å². The molecule has 1 atom stereocenters. The van der Waals surface area contributed by atoms with E-state index in [0.717, 1.165) is 32.5 Å². The minimum atomic E-state index is -3.52. The van der Waals surface area contributed by atoms with Gasteiger partial charge in [-0.25, -0.2) is 13.1 Å². The van der Waals surface area contributed by atoms with Crippen molar-refractivity contribution in [3.8, 4) is 5.75 Å². The number of sulfonamides is 1. The second kappa shape index (κ2) is 8.79. The fourth-order valence-electron chi connectivity index (χ4n) is 4.25. The number of H-pyrrole nitrogens is 1. The minimum absolute atomic E-state index is 0.268. The van der Waals surface area contributed by atoms with E-state index in [1.54, 1.807) is 31.4 Å². The number of likely N-dealkylation sites (tertiary alicyclic amines) is 1. The molecule has 30 heavy (non-hydrogen) atoms. The molecular formula is C23H29N3O3S. The van der Waals surface area contributed by atoms with Crippen molar-refractivity contribution in [1.29, 1.82) is 0 Å². The van der Waals surface area contributed by atoms with E-state index in [9.17, 15) is 8.42 Å². The SMILES string of the molecule is COc1ccc(S(=O)(=O)NCC2CCCN(Cc3[nH]c4ccccc4c3C)C2)cc1. The molecule has 2 heterocycles. The number of rotatable bonds is 7. The molecule has 160 valence electrons. The van der Waals surface area contributed by atoms with Crippen molar-refractivity contribution in [2.75, 3.05) is 26.7 Å². The summed E-state index contributed by atoms with van der Waals surface area (Å²) in [5.41, 5.74) is 3.72. The van der Waals surface area contributed by atoms with Gasteiger partial charge in [0.1, 0.15) is 5.75 Å². The van der Waals surface area contributed by atoms with Gasteiger partial charge in [0.25, 0.3) is 0 Å². The lowest BCUT2D eigenvalue weighted by Crippen LogP contribution is -2.40. The van der Waals surface area contributed by atoms with Crippen molar-refractivity contribution in [3.05, 3.63) is 59.8 Å². The molecule has 0 spiro atoms. The molecule has 1 fully saturated rings. The molecule has 0 aliphatic carbocycles.